The quantitative estimate of drug-likeness (QED) is 0.688. The molecule has 3 rings (SSSR count). The van der Waals surface area contributed by atoms with Gasteiger partial charge in [0.1, 0.15) is 16.6 Å². The van der Waals surface area contributed by atoms with Crippen molar-refractivity contribution in [3.05, 3.63) is 75.1 Å². The van der Waals surface area contributed by atoms with Gasteiger partial charge in [0.2, 0.25) is 5.71 Å². The molecule has 0 saturated carbocycles. The van der Waals surface area contributed by atoms with Crippen LogP contribution in [0.4, 0.5) is 0 Å². The standard InChI is InChI=1S/C18H16NO5/c1-2-5-13-10-12(18(20)24-13)11-14-8-9-17(23-14)15-6-3-4-7-16(15)19(21)22/h3-4,6-11H,2,5H2,1H3,(H-,20,21,22)/q-1. The van der Waals surface area contributed by atoms with E-state index in [1.165, 1.54) is 6.08 Å². The van der Waals surface area contributed by atoms with Crippen LogP contribution in [-0.2, 0) is 6.42 Å². The van der Waals surface area contributed by atoms with Crippen LogP contribution in [0.2, 0.25) is 0 Å². The molecule has 1 aliphatic carbocycles. The number of furan rings is 2. The molecule has 0 fully saturated rings. The fourth-order valence-electron chi connectivity index (χ4n) is 2.49. The fourth-order valence-corrected chi connectivity index (χ4v) is 2.49. The predicted molar refractivity (Wildman–Crippen MR) is 89.6 cm³/mol. The predicted octanol–water partition coefficient (Wildman–Crippen LogP) is 2.09. The Morgan fingerprint density at radius 3 is 2.71 bits per heavy atom. The summed E-state index contributed by atoms with van der Waals surface area (Å²) in [6.07, 6.45) is 9.67. The molecule has 124 valence electrons. The van der Waals surface area contributed by atoms with Crippen molar-refractivity contribution in [3.63, 3.8) is 0 Å². The van der Waals surface area contributed by atoms with Gasteiger partial charge in [-0.15, -0.1) is 0 Å². The van der Waals surface area contributed by atoms with E-state index in [4.69, 9.17) is 8.83 Å². The van der Waals surface area contributed by atoms with Crippen LogP contribution in [0.3, 0.4) is 0 Å². The lowest BCUT2D eigenvalue weighted by atomic mass is 10.1. The molecule has 0 radical (unpaired) electrons. The van der Waals surface area contributed by atoms with E-state index in [0.717, 1.165) is 12.8 Å². The molecule has 1 aliphatic rings. The molecule has 2 aromatic rings. The SMILES string of the molecule is CCCc1cc(C=c2ccc(=C3C=CC=CC3=[N+]([O-])[O-])o2)c(O)o1. The second-order valence-corrected chi connectivity index (χ2v) is 5.34. The third kappa shape index (κ3) is 3.12. The summed E-state index contributed by atoms with van der Waals surface area (Å²) in [5.41, 5.74) is 1.77. The van der Waals surface area contributed by atoms with Crippen molar-refractivity contribution in [2.45, 2.75) is 19.8 Å². The van der Waals surface area contributed by atoms with Crippen molar-refractivity contribution in [3.8, 4) is 5.95 Å². The molecule has 0 saturated heterocycles. The average Bonchev–Trinajstić information content (AvgIpc) is 3.15. The largest absolute Gasteiger partial charge is 0.612 e. The molecule has 6 heteroatoms. The van der Waals surface area contributed by atoms with Crippen LogP contribution >= 0.6 is 0 Å². The lowest BCUT2D eigenvalue weighted by molar-refractivity contribution is -0.376. The van der Waals surface area contributed by atoms with Gasteiger partial charge >= 0.3 is 0 Å². The van der Waals surface area contributed by atoms with E-state index in [0.29, 0.717) is 27.7 Å². The second kappa shape index (κ2) is 6.54. The molecule has 6 nitrogen and oxygen atoms in total. The molecule has 0 aromatic carbocycles. The number of hydrogen-bond donors (Lipinski definition) is 1. The molecule has 0 amide bonds. The summed E-state index contributed by atoms with van der Waals surface area (Å²) in [4.78, 5) is -0.444. The van der Waals surface area contributed by atoms with E-state index < -0.39 is 4.90 Å². The van der Waals surface area contributed by atoms with Gasteiger partial charge in [0.25, 0.3) is 5.95 Å². The zero-order valence-corrected chi connectivity index (χ0v) is 13.1. The smallest absolute Gasteiger partial charge is 0.289 e. The first-order chi connectivity index (χ1) is 11.6. The Balaban J connectivity index is 2.05. The van der Waals surface area contributed by atoms with E-state index in [1.54, 1.807) is 42.5 Å². The fraction of sp³-hybridized carbons (Fsp3) is 0.167. The van der Waals surface area contributed by atoms with Crippen LogP contribution in [0, 0.1) is 10.4 Å². The minimum Gasteiger partial charge on any atom is -0.612 e. The number of aryl methyl sites for hydroxylation is 1. The van der Waals surface area contributed by atoms with Gasteiger partial charge in [-0.3, -0.25) is 0 Å². The molecular weight excluding hydrogens is 310 g/mol. The Morgan fingerprint density at radius 2 is 1.96 bits per heavy atom. The summed E-state index contributed by atoms with van der Waals surface area (Å²) < 4.78 is 10.9. The van der Waals surface area contributed by atoms with E-state index in [9.17, 15) is 15.5 Å². The topological polar surface area (TPSA) is 95.6 Å². The normalized spacial score (nSPS) is 16.9. The third-order valence-corrected chi connectivity index (χ3v) is 3.58. The first-order valence-corrected chi connectivity index (χ1v) is 7.58. The van der Waals surface area contributed by atoms with Crippen molar-refractivity contribution in [1.82, 2.24) is 0 Å². The highest BCUT2D eigenvalue weighted by molar-refractivity contribution is 6.25. The average molecular weight is 326 g/mol. The van der Waals surface area contributed by atoms with E-state index >= 15 is 0 Å². The molecule has 24 heavy (non-hydrogen) atoms. The molecule has 0 bridgehead atoms. The number of hydrogen-bond acceptors (Lipinski definition) is 5. The van der Waals surface area contributed by atoms with Crippen molar-refractivity contribution >= 4 is 17.4 Å². The first-order valence-electron chi connectivity index (χ1n) is 7.58. The summed E-state index contributed by atoms with van der Waals surface area (Å²) in [7, 11) is 0. The van der Waals surface area contributed by atoms with Crippen LogP contribution in [0.1, 0.15) is 24.7 Å². The maximum atomic E-state index is 11.1. The molecule has 1 N–H and O–H groups in total. The van der Waals surface area contributed by atoms with Crippen LogP contribution < -0.4 is 10.8 Å². The minimum atomic E-state index is -0.444. The number of rotatable bonds is 3. The van der Waals surface area contributed by atoms with E-state index in [2.05, 4.69) is 0 Å². The molecule has 0 unspecified atom stereocenters. The van der Waals surface area contributed by atoms with Crippen LogP contribution in [-0.4, -0.2) is 15.7 Å². The molecule has 2 aromatic heterocycles. The molecular formula is C18H16NO5-. The van der Waals surface area contributed by atoms with Crippen LogP contribution in [0.5, 0.6) is 5.95 Å². The van der Waals surface area contributed by atoms with Gasteiger partial charge in [0, 0.05) is 12.5 Å². The van der Waals surface area contributed by atoms with Crippen molar-refractivity contribution in [2.24, 2.45) is 0 Å². The zero-order chi connectivity index (χ0) is 17.1. The van der Waals surface area contributed by atoms with Gasteiger partial charge in [-0.1, -0.05) is 19.1 Å². The highest BCUT2D eigenvalue weighted by Crippen LogP contribution is 2.23. The Bertz CT molecular complexity index is 952. The van der Waals surface area contributed by atoms with Crippen molar-refractivity contribution in [2.75, 3.05) is 0 Å². The highest BCUT2D eigenvalue weighted by Gasteiger charge is 2.13. The summed E-state index contributed by atoms with van der Waals surface area (Å²) in [6.45, 7) is 2.02. The highest BCUT2D eigenvalue weighted by atomic mass is 16.8. The summed E-state index contributed by atoms with van der Waals surface area (Å²) in [6, 6.07) is 5.11. The lowest BCUT2D eigenvalue weighted by Crippen LogP contribution is -2.17. The molecule has 0 aliphatic heterocycles. The number of nitrogens with zero attached hydrogens (tertiary/aromatic N) is 1. The Kier molecular flexibility index (Phi) is 4.29. The zero-order valence-electron chi connectivity index (χ0n) is 13.1. The van der Waals surface area contributed by atoms with Crippen molar-refractivity contribution < 1.29 is 18.8 Å². The third-order valence-electron chi connectivity index (χ3n) is 3.58. The Morgan fingerprint density at radius 1 is 1.17 bits per heavy atom. The van der Waals surface area contributed by atoms with E-state index in [1.807, 2.05) is 6.92 Å². The van der Waals surface area contributed by atoms with Gasteiger partial charge in [0.05, 0.1) is 11.1 Å². The maximum Gasteiger partial charge on any atom is 0.289 e. The summed E-state index contributed by atoms with van der Waals surface area (Å²) in [5.74, 6) is 0.536. The summed E-state index contributed by atoms with van der Waals surface area (Å²) in [5, 5.41) is 32.1. The van der Waals surface area contributed by atoms with Gasteiger partial charge in [0.15, 0.2) is 0 Å². The molecule has 0 atom stereocenters. The lowest BCUT2D eigenvalue weighted by Gasteiger charge is -2.09. The van der Waals surface area contributed by atoms with Gasteiger partial charge in [-0.05, 0) is 36.8 Å². The maximum absolute atomic E-state index is 11.1. The van der Waals surface area contributed by atoms with Gasteiger partial charge in [-0.2, -0.15) is 4.90 Å². The van der Waals surface area contributed by atoms with Gasteiger partial charge in [-0.25, -0.2) is 0 Å². The van der Waals surface area contributed by atoms with Crippen LogP contribution in [0.25, 0.3) is 11.6 Å². The van der Waals surface area contributed by atoms with Crippen LogP contribution in [0.15, 0.2) is 51.3 Å². The second-order valence-electron chi connectivity index (χ2n) is 5.34. The minimum absolute atomic E-state index is 0.0187. The first kappa shape index (κ1) is 15.7. The van der Waals surface area contributed by atoms with Gasteiger partial charge < -0.3 is 24.4 Å². The Hall–Kier alpha value is -3.15. The molecule has 2 heterocycles. The van der Waals surface area contributed by atoms with E-state index in [-0.39, 0.29) is 11.7 Å². The molecule has 0 spiro atoms. The monoisotopic (exact) mass is 326 g/mol. The number of aromatic hydroxyl groups is 1. The Labute approximate surface area is 137 Å². The number of allylic oxidation sites excluding steroid dienone is 4. The van der Waals surface area contributed by atoms with Crippen molar-refractivity contribution in [1.29, 1.82) is 0 Å². The summed E-state index contributed by atoms with van der Waals surface area (Å²) >= 11 is 0.